The summed E-state index contributed by atoms with van der Waals surface area (Å²) in [6.07, 6.45) is 6.91. The van der Waals surface area contributed by atoms with Crippen molar-refractivity contribution in [2.75, 3.05) is 12.4 Å². The number of ether oxygens (including phenoxy) is 1. The van der Waals surface area contributed by atoms with Crippen LogP contribution in [-0.4, -0.2) is 32.6 Å². The van der Waals surface area contributed by atoms with Crippen molar-refractivity contribution in [1.29, 1.82) is 0 Å². The Morgan fingerprint density at radius 1 is 1.03 bits per heavy atom. The minimum Gasteiger partial charge on any atom is -0.497 e. The fourth-order valence-electron chi connectivity index (χ4n) is 3.01. The smallest absolute Gasteiger partial charge is 0.249 e. The summed E-state index contributed by atoms with van der Waals surface area (Å²) in [5, 5.41) is 11.6. The van der Waals surface area contributed by atoms with Crippen LogP contribution in [0.3, 0.4) is 0 Å². The van der Waals surface area contributed by atoms with Crippen molar-refractivity contribution in [3.8, 4) is 22.7 Å². The fraction of sp³-hybridized carbons (Fsp3) is 0.0870. The van der Waals surface area contributed by atoms with Gasteiger partial charge in [0.1, 0.15) is 5.75 Å². The number of carbonyl (C=O) groups is 1. The molecule has 7 heteroatoms. The third-order valence-electron chi connectivity index (χ3n) is 4.51. The van der Waals surface area contributed by atoms with Gasteiger partial charge in [-0.1, -0.05) is 18.2 Å². The number of aromatic nitrogens is 4. The molecule has 0 aliphatic heterocycles. The Balaban J connectivity index is 1.65. The van der Waals surface area contributed by atoms with Crippen molar-refractivity contribution >= 4 is 17.8 Å². The molecule has 0 fully saturated rings. The second kappa shape index (κ2) is 8.48. The van der Waals surface area contributed by atoms with Crippen molar-refractivity contribution in [2.45, 2.75) is 0 Å². The number of para-hydroxylation sites is 1. The highest BCUT2D eigenvalue weighted by atomic mass is 16.5. The SMILES string of the molecule is COc1ccc(-c2nn(-c3ccccc3)cc2/C=C/C(=O)Nc2ccn(C)n2)cc1. The van der Waals surface area contributed by atoms with Gasteiger partial charge in [-0.05, 0) is 42.5 Å². The van der Waals surface area contributed by atoms with E-state index in [-0.39, 0.29) is 5.91 Å². The molecule has 0 bridgehead atoms. The van der Waals surface area contributed by atoms with E-state index in [1.54, 1.807) is 41.9 Å². The lowest BCUT2D eigenvalue weighted by Crippen LogP contribution is -2.08. The first-order valence-electron chi connectivity index (χ1n) is 9.40. The zero-order chi connectivity index (χ0) is 20.9. The Morgan fingerprint density at radius 3 is 2.47 bits per heavy atom. The molecule has 4 aromatic rings. The van der Waals surface area contributed by atoms with E-state index in [4.69, 9.17) is 9.84 Å². The standard InChI is InChI=1S/C23H21N5O2/c1-27-15-14-21(25-27)24-22(29)13-10-18-16-28(19-6-4-3-5-7-19)26-23(18)17-8-11-20(30-2)12-9-17/h3-16H,1-2H3,(H,24,25,29)/b13-10+. The number of rotatable bonds is 6. The second-order valence-electron chi connectivity index (χ2n) is 6.64. The van der Waals surface area contributed by atoms with Crippen LogP contribution in [0.5, 0.6) is 5.75 Å². The maximum absolute atomic E-state index is 12.3. The van der Waals surface area contributed by atoms with E-state index in [0.29, 0.717) is 5.82 Å². The minimum atomic E-state index is -0.262. The van der Waals surface area contributed by atoms with Gasteiger partial charge in [0.05, 0.1) is 18.5 Å². The summed E-state index contributed by atoms with van der Waals surface area (Å²) in [4.78, 5) is 12.3. The van der Waals surface area contributed by atoms with E-state index < -0.39 is 0 Å². The molecule has 2 aromatic heterocycles. The molecule has 0 atom stereocenters. The highest BCUT2D eigenvalue weighted by Gasteiger charge is 2.11. The summed E-state index contributed by atoms with van der Waals surface area (Å²) >= 11 is 0. The number of nitrogens with zero attached hydrogens (tertiary/aromatic N) is 4. The number of amides is 1. The van der Waals surface area contributed by atoms with Crippen LogP contribution in [0.4, 0.5) is 5.82 Å². The molecule has 4 rings (SSSR count). The van der Waals surface area contributed by atoms with E-state index in [0.717, 1.165) is 28.3 Å². The lowest BCUT2D eigenvalue weighted by molar-refractivity contribution is -0.111. The largest absolute Gasteiger partial charge is 0.497 e. The third-order valence-corrected chi connectivity index (χ3v) is 4.51. The molecule has 7 nitrogen and oxygen atoms in total. The molecule has 0 aliphatic rings. The van der Waals surface area contributed by atoms with Crippen LogP contribution in [0, 0.1) is 0 Å². The first kappa shape index (κ1) is 19.2. The molecule has 1 amide bonds. The van der Waals surface area contributed by atoms with E-state index in [9.17, 15) is 4.79 Å². The van der Waals surface area contributed by atoms with Crippen LogP contribution >= 0.6 is 0 Å². The van der Waals surface area contributed by atoms with E-state index >= 15 is 0 Å². The van der Waals surface area contributed by atoms with Gasteiger partial charge in [-0.25, -0.2) is 4.68 Å². The first-order chi connectivity index (χ1) is 14.6. The molecule has 0 unspecified atom stereocenters. The first-order valence-corrected chi connectivity index (χ1v) is 9.40. The van der Waals surface area contributed by atoms with Gasteiger partial charge in [-0.2, -0.15) is 10.2 Å². The molecular weight excluding hydrogens is 378 g/mol. The normalized spacial score (nSPS) is 11.0. The number of anilines is 1. The monoisotopic (exact) mass is 399 g/mol. The van der Waals surface area contributed by atoms with Crippen LogP contribution in [-0.2, 0) is 11.8 Å². The van der Waals surface area contributed by atoms with Gasteiger partial charge >= 0.3 is 0 Å². The highest BCUT2D eigenvalue weighted by molar-refractivity contribution is 6.01. The number of carbonyl (C=O) groups excluding carboxylic acids is 1. The number of nitrogens with one attached hydrogen (secondary N) is 1. The molecule has 2 aromatic carbocycles. The van der Waals surface area contributed by atoms with Gasteiger partial charge in [0.2, 0.25) is 5.91 Å². The van der Waals surface area contributed by atoms with Gasteiger partial charge in [0.25, 0.3) is 0 Å². The van der Waals surface area contributed by atoms with Crippen LogP contribution in [0.15, 0.2) is 79.1 Å². The number of benzene rings is 2. The maximum atomic E-state index is 12.3. The van der Waals surface area contributed by atoms with Gasteiger partial charge in [-0.3, -0.25) is 9.48 Å². The summed E-state index contributed by atoms with van der Waals surface area (Å²) in [6, 6.07) is 19.2. The van der Waals surface area contributed by atoms with Crippen LogP contribution in [0.1, 0.15) is 5.56 Å². The lowest BCUT2D eigenvalue weighted by Gasteiger charge is -2.02. The molecule has 2 heterocycles. The molecule has 0 spiro atoms. The zero-order valence-electron chi connectivity index (χ0n) is 16.7. The summed E-state index contributed by atoms with van der Waals surface area (Å²) in [7, 11) is 3.43. The van der Waals surface area contributed by atoms with Crippen LogP contribution < -0.4 is 10.1 Å². The van der Waals surface area contributed by atoms with Crippen molar-refractivity contribution in [3.05, 3.63) is 84.7 Å². The molecule has 150 valence electrons. The number of hydrogen-bond acceptors (Lipinski definition) is 4. The number of methoxy groups -OCH3 is 1. The van der Waals surface area contributed by atoms with Crippen LogP contribution in [0.25, 0.3) is 23.0 Å². The maximum Gasteiger partial charge on any atom is 0.249 e. The Morgan fingerprint density at radius 2 is 1.80 bits per heavy atom. The van der Waals surface area contributed by atoms with Crippen molar-refractivity contribution in [2.24, 2.45) is 7.05 Å². The van der Waals surface area contributed by atoms with E-state index in [1.165, 1.54) is 6.08 Å². The second-order valence-corrected chi connectivity index (χ2v) is 6.64. The molecular formula is C23H21N5O2. The molecule has 0 radical (unpaired) electrons. The average molecular weight is 399 g/mol. The summed E-state index contributed by atoms with van der Waals surface area (Å²) < 4.78 is 8.68. The Labute approximate surface area is 174 Å². The topological polar surface area (TPSA) is 74.0 Å². The van der Waals surface area contributed by atoms with Gasteiger partial charge < -0.3 is 10.1 Å². The number of aryl methyl sites for hydroxylation is 1. The lowest BCUT2D eigenvalue weighted by atomic mass is 10.1. The average Bonchev–Trinajstić information content (AvgIpc) is 3.39. The van der Waals surface area contributed by atoms with Gasteiger partial charge in [-0.15, -0.1) is 0 Å². The molecule has 1 N–H and O–H groups in total. The summed E-state index contributed by atoms with van der Waals surface area (Å²) in [5.74, 6) is 1.01. The molecule has 30 heavy (non-hydrogen) atoms. The van der Waals surface area contributed by atoms with Crippen molar-refractivity contribution in [1.82, 2.24) is 19.6 Å². The van der Waals surface area contributed by atoms with Crippen molar-refractivity contribution in [3.63, 3.8) is 0 Å². The van der Waals surface area contributed by atoms with Gasteiger partial charge in [0.15, 0.2) is 5.82 Å². The predicted octanol–water partition coefficient (Wildman–Crippen LogP) is 3.93. The Kier molecular flexibility index (Phi) is 5.43. The molecule has 0 aliphatic carbocycles. The van der Waals surface area contributed by atoms with E-state index in [2.05, 4.69) is 10.4 Å². The zero-order valence-corrected chi connectivity index (χ0v) is 16.7. The number of hydrogen-bond donors (Lipinski definition) is 1. The van der Waals surface area contributed by atoms with Crippen molar-refractivity contribution < 1.29 is 9.53 Å². The van der Waals surface area contributed by atoms with Gasteiger partial charge in [0, 0.05) is 42.7 Å². The third kappa shape index (κ3) is 4.30. The Hall–Kier alpha value is -4.13. The summed E-state index contributed by atoms with van der Waals surface area (Å²) in [5.41, 5.74) is 3.45. The predicted molar refractivity (Wildman–Crippen MR) is 116 cm³/mol. The quantitative estimate of drug-likeness (QED) is 0.499. The van der Waals surface area contributed by atoms with Crippen LogP contribution in [0.2, 0.25) is 0 Å². The minimum absolute atomic E-state index is 0.262. The molecule has 0 saturated heterocycles. The highest BCUT2D eigenvalue weighted by Crippen LogP contribution is 2.26. The summed E-state index contributed by atoms with van der Waals surface area (Å²) in [6.45, 7) is 0. The van der Waals surface area contributed by atoms with E-state index in [1.807, 2.05) is 60.8 Å². The fourth-order valence-corrected chi connectivity index (χ4v) is 3.01. The Bertz CT molecular complexity index is 1170. The molecule has 0 saturated carbocycles.